The topological polar surface area (TPSA) is 59.6 Å². The summed E-state index contributed by atoms with van der Waals surface area (Å²) in [7, 11) is 0. The van der Waals surface area contributed by atoms with Gasteiger partial charge in [-0.05, 0) is 49.4 Å². The third-order valence-corrected chi connectivity index (χ3v) is 9.55. The van der Waals surface area contributed by atoms with Crippen molar-refractivity contribution in [3.8, 4) is 28.3 Å². The van der Waals surface area contributed by atoms with Gasteiger partial charge in [0.1, 0.15) is 16.6 Å². The molecular weight excluding hydrogens is 637 g/mol. The highest BCUT2D eigenvalue weighted by molar-refractivity contribution is 6.18. The maximum Gasteiger partial charge on any atom is 0.180 e. The van der Waals surface area contributed by atoms with Crippen LogP contribution in [0, 0.1) is 0 Å². The fourth-order valence-corrected chi connectivity index (χ4v) is 7.20. The summed E-state index contributed by atoms with van der Waals surface area (Å²) < 4.78 is 8.49. The summed E-state index contributed by atoms with van der Waals surface area (Å²) in [6.07, 6.45) is 5.59. The molecule has 0 fully saturated rings. The molecule has 248 valence electrons. The van der Waals surface area contributed by atoms with Crippen molar-refractivity contribution >= 4 is 66.9 Å². The Morgan fingerprint density at radius 1 is 0.615 bits per heavy atom. The molecule has 0 aliphatic rings. The monoisotopic (exact) mass is 670 g/mol. The molecule has 5 nitrogen and oxygen atoms in total. The number of hydrogen-bond donors (Lipinski definition) is 1. The Bertz CT molecular complexity index is 3030. The van der Waals surface area contributed by atoms with Gasteiger partial charge in [-0.25, -0.2) is 9.97 Å². The number of aromatic nitrogens is 4. The fraction of sp³-hybridized carbons (Fsp3) is 0.0213. The molecule has 4 heterocycles. The summed E-state index contributed by atoms with van der Waals surface area (Å²) in [6.45, 7) is 5.77. The molecule has 0 bridgehead atoms. The molecular formula is C47H34N4O. The van der Waals surface area contributed by atoms with Crippen LogP contribution in [0.1, 0.15) is 6.92 Å². The van der Waals surface area contributed by atoms with Gasteiger partial charge < -0.3 is 14.0 Å². The first kappa shape index (κ1) is 31.0. The smallest absolute Gasteiger partial charge is 0.180 e. The predicted octanol–water partition coefficient (Wildman–Crippen LogP) is 10.7. The van der Waals surface area contributed by atoms with Crippen molar-refractivity contribution in [2.24, 2.45) is 0 Å². The van der Waals surface area contributed by atoms with Crippen molar-refractivity contribution < 1.29 is 4.42 Å². The predicted molar refractivity (Wildman–Crippen MR) is 217 cm³/mol. The molecule has 0 saturated carbocycles. The average molecular weight is 671 g/mol. The molecule has 10 rings (SSSR count). The Balaban J connectivity index is 0.000000138. The summed E-state index contributed by atoms with van der Waals surface area (Å²) in [4.78, 5) is 13.2. The number of para-hydroxylation sites is 3. The third-order valence-electron chi connectivity index (χ3n) is 9.55. The molecule has 0 aliphatic heterocycles. The van der Waals surface area contributed by atoms with Crippen molar-refractivity contribution in [3.63, 3.8) is 0 Å². The Morgan fingerprint density at radius 2 is 1.27 bits per heavy atom. The number of nitrogens with one attached hydrogen (secondary N) is 1. The van der Waals surface area contributed by atoms with E-state index in [-0.39, 0.29) is 0 Å². The van der Waals surface area contributed by atoms with E-state index in [1.165, 1.54) is 49.3 Å². The first-order valence-electron chi connectivity index (χ1n) is 17.4. The molecule has 52 heavy (non-hydrogen) atoms. The van der Waals surface area contributed by atoms with E-state index >= 15 is 0 Å². The summed E-state index contributed by atoms with van der Waals surface area (Å²) >= 11 is 0. The highest BCUT2D eigenvalue weighted by atomic mass is 16.3. The van der Waals surface area contributed by atoms with E-state index in [2.05, 4.69) is 107 Å². The summed E-state index contributed by atoms with van der Waals surface area (Å²) in [5.74, 6) is 0.686. The Morgan fingerprint density at radius 3 is 2.00 bits per heavy atom. The standard InChI is InChI=1S/C24H16N2.C23H18N2O/c1-2-8-16(9-3-1)26-23-13-7-5-11-18(23)20-14-22-19(15-24(20)26)17-10-4-6-12-21(17)25-22;1-3-11-19-18(4-2)21-22(26-19)20(16-12-7-5-8-13-16)24-23(25-21)17-14-9-6-10-15-17/h1-15,25H;3-15H,1H2,2H3/b;18-4+,19-11+. The minimum absolute atomic E-state index is 0.686. The van der Waals surface area contributed by atoms with Gasteiger partial charge in [-0.2, -0.15) is 0 Å². The van der Waals surface area contributed by atoms with Crippen LogP contribution < -0.4 is 10.6 Å². The number of hydrogen-bond acceptors (Lipinski definition) is 3. The van der Waals surface area contributed by atoms with Crippen molar-refractivity contribution in [2.45, 2.75) is 6.92 Å². The van der Waals surface area contributed by atoms with E-state index in [0.29, 0.717) is 11.4 Å². The SMILES string of the molecule is C=C/C=c1/oc2c(-c3ccccc3)nc(-c3ccccc3)nc2/c1=C/C.c1ccc(-n2c3ccccc3c3cc4[nH]c5ccccc5c4cc32)cc1. The Hall–Kier alpha value is -6.98. The van der Waals surface area contributed by atoms with Crippen LogP contribution in [-0.2, 0) is 0 Å². The number of benzene rings is 6. The molecule has 0 aliphatic carbocycles. The average Bonchev–Trinajstić information content (AvgIpc) is 3.86. The molecule has 0 saturated heterocycles. The minimum atomic E-state index is 0.686. The summed E-state index contributed by atoms with van der Waals surface area (Å²) in [5.41, 5.74) is 11.1. The molecule has 0 radical (unpaired) electrons. The van der Waals surface area contributed by atoms with Crippen molar-refractivity contribution in [3.05, 3.63) is 175 Å². The quantitative estimate of drug-likeness (QED) is 0.203. The number of nitrogens with zero attached hydrogens (tertiary/aromatic N) is 3. The van der Waals surface area contributed by atoms with E-state index in [4.69, 9.17) is 14.4 Å². The van der Waals surface area contributed by atoms with Crippen LogP contribution in [0.15, 0.2) is 169 Å². The third kappa shape index (κ3) is 5.27. The zero-order valence-electron chi connectivity index (χ0n) is 28.6. The zero-order chi connectivity index (χ0) is 35.0. The lowest BCUT2D eigenvalue weighted by atomic mass is 10.1. The van der Waals surface area contributed by atoms with Gasteiger partial charge in [-0.1, -0.05) is 134 Å². The molecule has 10 aromatic rings. The first-order valence-corrected chi connectivity index (χ1v) is 17.4. The van der Waals surface area contributed by atoms with Gasteiger partial charge in [0.2, 0.25) is 0 Å². The lowest BCUT2D eigenvalue weighted by Crippen LogP contribution is -2.19. The zero-order valence-corrected chi connectivity index (χ0v) is 28.6. The largest absolute Gasteiger partial charge is 0.452 e. The van der Waals surface area contributed by atoms with Crippen molar-refractivity contribution in [2.75, 3.05) is 0 Å². The highest BCUT2D eigenvalue weighted by Gasteiger charge is 2.17. The van der Waals surface area contributed by atoms with Crippen molar-refractivity contribution in [1.82, 2.24) is 19.5 Å². The number of fused-ring (bicyclic) bond motifs is 7. The molecule has 0 spiro atoms. The normalized spacial score (nSPS) is 12.2. The van der Waals surface area contributed by atoms with Crippen LogP contribution in [0.5, 0.6) is 0 Å². The van der Waals surface area contributed by atoms with E-state index < -0.39 is 0 Å². The van der Waals surface area contributed by atoms with E-state index in [9.17, 15) is 0 Å². The Kier molecular flexibility index (Phi) is 7.79. The highest BCUT2D eigenvalue weighted by Crippen LogP contribution is 2.37. The molecule has 0 unspecified atom stereocenters. The maximum atomic E-state index is 6.12. The fourth-order valence-electron chi connectivity index (χ4n) is 7.20. The van der Waals surface area contributed by atoms with Crippen LogP contribution in [0.2, 0.25) is 0 Å². The number of rotatable bonds is 4. The van der Waals surface area contributed by atoms with Gasteiger partial charge >= 0.3 is 0 Å². The van der Waals surface area contributed by atoms with Gasteiger partial charge in [0.25, 0.3) is 0 Å². The lowest BCUT2D eigenvalue weighted by Gasteiger charge is -2.07. The second-order valence-corrected chi connectivity index (χ2v) is 12.7. The molecule has 0 amide bonds. The van der Waals surface area contributed by atoms with Crippen LogP contribution in [0.3, 0.4) is 0 Å². The molecule has 1 N–H and O–H groups in total. The van der Waals surface area contributed by atoms with Gasteiger partial charge in [-0.15, -0.1) is 0 Å². The lowest BCUT2D eigenvalue weighted by molar-refractivity contribution is 0.575. The second-order valence-electron chi connectivity index (χ2n) is 12.7. The van der Waals surface area contributed by atoms with E-state index in [0.717, 1.165) is 33.0 Å². The number of allylic oxidation sites excluding steroid dienone is 1. The van der Waals surface area contributed by atoms with Crippen LogP contribution in [0.4, 0.5) is 0 Å². The number of aromatic amines is 1. The van der Waals surface area contributed by atoms with Gasteiger partial charge in [0.15, 0.2) is 11.4 Å². The maximum absolute atomic E-state index is 6.12. The van der Waals surface area contributed by atoms with E-state index in [1.807, 2.05) is 79.7 Å². The molecule has 0 atom stereocenters. The number of furan rings is 1. The Labute approximate surface area is 300 Å². The van der Waals surface area contributed by atoms with Crippen LogP contribution in [0.25, 0.3) is 95.2 Å². The second kappa shape index (κ2) is 13.0. The van der Waals surface area contributed by atoms with Gasteiger partial charge in [0.05, 0.1) is 11.0 Å². The van der Waals surface area contributed by atoms with Gasteiger partial charge in [0, 0.05) is 54.6 Å². The molecule has 6 aromatic carbocycles. The van der Waals surface area contributed by atoms with E-state index in [1.54, 1.807) is 6.08 Å². The molecule has 5 heteroatoms. The summed E-state index contributed by atoms with van der Waals surface area (Å²) in [5, 5.41) is 6.06. The van der Waals surface area contributed by atoms with Gasteiger partial charge in [-0.3, -0.25) is 0 Å². The summed E-state index contributed by atoms with van der Waals surface area (Å²) in [6, 6.07) is 52.4. The first-order chi connectivity index (χ1) is 25.7. The van der Waals surface area contributed by atoms with Crippen LogP contribution in [-0.4, -0.2) is 19.5 Å². The van der Waals surface area contributed by atoms with Crippen LogP contribution >= 0.6 is 0 Å². The molecule has 4 aromatic heterocycles. The van der Waals surface area contributed by atoms with Crippen molar-refractivity contribution in [1.29, 1.82) is 0 Å². The number of H-pyrrole nitrogens is 1. The minimum Gasteiger partial charge on any atom is -0.452 e.